The van der Waals surface area contributed by atoms with Crippen LogP contribution < -0.4 is 5.32 Å². The predicted octanol–water partition coefficient (Wildman–Crippen LogP) is 2.27. The Kier molecular flexibility index (Phi) is 3.20. The van der Waals surface area contributed by atoms with Crippen LogP contribution in [-0.4, -0.2) is 16.6 Å². The summed E-state index contributed by atoms with van der Waals surface area (Å²) in [5.41, 5.74) is 2.15. The molecule has 0 spiro atoms. The molecule has 0 fully saturated rings. The Morgan fingerprint density at radius 3 is 2.53 bits per heavy atom. The van der Waals surface area contributed by atoms with E-state index < -0.39 is 5.60 Å². The molecule has 0 radical (unpaired) electrons. The lowest BCUT2D eigenvalue weighted by Crippen LogP contribution is -2.36. The van der Waals surface area contributed by atoms with Crippen LogP contribution in [0.2, 0.25) is 0 Å². The number of fused-ring (bicyclic) bond motifs is 1. The van der Waals surface area contributed by atoms with Gasteiger partial charge < -0.3 is 10.4 Å². The standard InChI is InChI=1S/C14H19NO2/c1-14(2,17)13(16)15-12-8-7-10-5-3-4-6-11(10)9-12/h7-9,17H,3-6H2,1-2H3,(H,15,16). The number of amides is 1. The van der Waals surface area contributed by atoms with Gasteiger partial charge >= 0.3 is 0 Å². The first-order valence-electron chi connectivity index (χ1n) is 6.12. The molecule has 2 N–H and O–H groups in total. The highest BCUT2D eigenvalue weighted by molar-refractivity contribution is 5.96. The lowest BCUT2D eigenvalue weighted by Gasteiger charge is -2.19. The highest BCUT2D eigenvalue weighted by Gasteiger charge is 2.23. The molecule has 1 aliphatic rings. The van der Waals surface area contributed by atoms with E-state index in [1.807, 2.05) is 12.1 Å². The van der Waals surface area contributed by atoms with Gasteiger partial charge in [0.1, 0.15) is 5.60 Å². The maximum absolute atomic E-state index is 11.6. The first-order chi connectivity index (χ1) is 7.97. The van der Waals surface area contributed by atoms with Crippen LogP contribution in [0.3, 0.4) is 0 Å². The molecule has 0 aliphatic heterocycles. The summed E-state index contributed by atoms with van der Waals surface area (Å²) >= 11 is 0. The van der Waals surface area contributed by atoms with Crippen molar-refractivity contribution in [2.45, 2.75) is 45.1 Å². The minimum atomic E-state index is -1.34. The zero-order chi connectivity index (χ0) is 12.5. The summed E-state index contributed by atoms with van der Waals surface area (Å²) in [6.07, 6.45) is 4.69. The van der Waals surface area contributed by atoms with E-state index in [4.69, 9.17) is 0 Å². The number of benzene rings is 1. The lowest BCUT2D eigenvalue weighted by molar-refractivity contribution is -0.130. The van der Waals surface area contributed by atoms with Crippen LogP contribution in [-0.2, 0) is 17.6 Å². The van der Waals surface area contributed by atoms with Gasteiger partial charge in [0.15, 0.2) is 0 Å². The maximum atomic E-state index is 11.6. The van der Waals surface area contributed by atoms with Crippen molar-refractivity contribution in [1.82, 2.24) is 0 Å². The molecule has 2 rings (SSSR count). The van der Waals surface area contributed by atoms with Crippen LogP contribution in [0, 0.1) is 0 Å². The van der Waals surface area contributed by atoms with Crippen molar-refractivity contribution in [2.24, 2.45) is 0 Å². The molecule has 1 amide bonds. The van der Waals surface area contributed by atoms with E-state index in [0.29, 0.717) is 0 Å². The third kappa shape index (κ3) is 2.86. The summed E-state index contributed by atoms with van der Waals surface area (Å²) in [5, 5.41) is 12.3. The summed E-state index contributed by atoms with van der Waals surface area (Å²) in [4.78, 5) is 11.6. The highest BCUT2D eigenvalue weighted by atomic mass is 16.3. The van der Waals surface area contributed by atoms with E-state index in [1.54, 1.807) is 0 Å². The van der Waals surface area contributed by atoms with Gasteiger partial charge in [0, 0.05) is 5.69 Å². The van der Waals surface area contributed by atoms with Crippen LogP contribution in [0.5, 0.6) is 0 Å². The molecule has 92 valence electrons. The van der Waals surface area contributed by atoms with Gasteiger partial charge in [0.25, 0.3) is 5.91 Å². The summed E-state index contributed by atoms with van der Waals surface area (Å²) in [5.74, 6) is -0.367. The third-order valence-corrected chi connectivity index (χ3v) is 3.16. The Morgan fingerprint density at radius 1 is 1.24 bits per heavy atom. The number of anilines is 1. The Balaban J connectivity index is 2.15. The van der Waals surface area contributed by atoms with E-state index >= 15 is 0 Å². The fraction of sp³-hybridized carbons (Fsp3) is 0.500. The topological polar surface area (TPSA) is 49.3 Å². The minimum Gasteiger partial charge on any atom is -0.381 e. The van der Waals surface area contributed by atoms with Gasteiger partial charge in [0.05, 0.1) is 0 Å². The highest BCUT2D eigenvalue weighted by Crippen LogP contribution is 2.24. The Morgan fingerprint density at radius 2 is 1.88 bits per heavy atom. The zero-order valence-electron chi connectivity index (χ0n) is 10.4. The fourth-order valence-corrected chi connectivity index (χ4v) is 2.10. The quantitative estimate of drug-likeness (QED) is 0.823. The number of rotatable bonds is 2. The van der Waals surface area contributed by atoms with Gasteiger partial charge in [-0.15, -0.1) is 0 Å². The molecule has 0 saturated carbocycles. The number of aryl methyl sites for hydroxylation is 2. The largest absolute Gasteiger partial charge is 0.381 e. The second-order valence-electron chi connectivity index (χ2n) is 5.20. The van der Waals surface area contributed by atoms with Crippen molar-refractivity contribution in [1.29, 1.82) is 0 Å². The van der Waals surface area contributed by atoms with E-state index in [-0.39, 0.29) is 5.91 Å². The van der Waals surface area contributed by atoms with Crippen molar-refractivity contribution in [3.63, 3.8) is 0 Å². The summed E-state index contributed by atoms with van der Waals surface area (Å²) in [7, 11) is 0. The van der Waals surface area contributed by atoms with E-state index in [1.165, 1.54) is 37.8 Å². The van der Waals surface area contributed by atoms with Crippen molar-refractivity contribution < 1.29 is 9.90 Å². The van der Waals surface area contributed by atoms with Crippen LogP contribution in [0.15, 0.2) is 18.2 Å². The third-order valence-electron chi connectivity index (χ3n) is 3.16. The number of nitrogens with one attached hydrogen (secondary N) is 1. The Bertz CT molecular complexity index is 432. The number of carbonyl (C=O) groups excluding carboxylic acids is 1. The molecule has 3 heteroatoms. The molecule has 0 bridgehead atoms. The molecule has 0 heterocycles. The smallest absolute Gasteiger partial charge is 0.255 e. The molecule has 1 aliphatic carbocycles. The van der Waals surface area contributed by atoms with E-state index in [9.17, 15) is 9.90 Å². The second-order valence-corrected chi connectivity index (χ2v) is 5.20. The summed E-state index contributed by atoms with van der Waals surface area (Å²) in [6.45, 7) is 2.97. The monoisotopic (exact) mass is 233 g/mol. The summed E-state index contributed by atoms with van der Waals surface area (Å²) in [6, 6.07) is 6.01. The molecule has 0 saturated heterocycles. The molecular formula is C14H19NO2. The van der Waals surface area contributed by atoms with Gasteiger partial charge in [0.2, 0.25) is 0 Å². The molecular weight excluding hydrogens is 214 g/mol. The van der Waals surface area contributed by atoms with Crippen molar-refractivity contribution >= 4 is 11.6 Å². The first-order valence-corrected chi connectivity index (χ1v) is 6.12. The zero-order valence-corrected chi connectivity index (χ0v) is 10.4. The fourth-order valence-electron chi connectivity index (χ4n) is 2.10. The van der Waals surface area contributed by atoms with Gasteiger partial charge in [-0.3, -0.25) is 4.79 Å². The maximum Gasteiger partial charge on any atom is 0.255 e. The molecule has 17 heavy (non-hydrogen) atoms. The van der Waals surface area contributed by atoms with E-state index in [0.717, 1.165) is 18.5 Å². The molecule has 0 aromatic heterocycles. The van der Waals surface area contributed by atoms with Gasteiger partial charge in [-0.05, 0) is 62.8 Å². The Hall–Kier alpha value is -1.35. The minimum absolute atomic E-state index is 0.367. The Labute approximate surface area is 102 Å². The van der Waals surface area contributed by atoms with Gasteiger partial charge in [-0.1, -0.05) is 6.07 Å². The van der Waals surface area contributed by atoms with Gasteiger partial charge in [-0.25, -0.2) is 0 Å². The predicted molar refractivity (Wildman–Crippen MR) is 68.0 cm³/mol. The van der Waals surface area contributed by atoms with Crippen molar-refractivity contribution in [2.75, 3.05) is 5.32 Å². The SMILES string of the molecule is CC(C)(O)C(=O)Nc1ccc2c(c1)CCCC2. The van der Waals surface area contributed by atoms with Crippen LogP contribution in [0.4, 0.5) is 5.69 Å². The average molecular weight is 233 g/mol. The number of aliphatic hydroxyl groups is 1. The van der Waals surface area contributed by atoms with Crippen molar-refractivity contribution in [3.05, 3.63) is 29.3 Å². The molecule has 3 nitrogen and oxygen atoms in total. The average Bonchev–Trinajstić information content (AvgIpc) is 2.27. The second kappa shape index (κ2) is 4.49. The van der Waals surface area contributed by atoms with Gasteiger partial charge in [-0.2, -0.15) is 0 Å². The van der Waals surface area contributed by atoms with Crippen LogP contribution >= 0.6 is 0 Å². The molecule has 0 unspecified atom stereocenters. The van der Waals surface area contributed by atoms with Crippen LogP contribution in [0.25, 0.3) is 0 Å². The number of carbonyl (C=O) groups is 1. The molecule has 1 aromatic rings. The van der Waals surface area contributed by atoms with Crippen LogP contribution in [0.1, 0.15) is 37.8 Å². The summed E-state index contributed by atoms with van der Waals surface area (Å²) < 4.78 is 0. The molecule has 1 aromatic carbocycles. The number of hydrogen-bond donors (Lipinski definition) is 2. The van der Waals surface area contributed by atoms with Crippen molar-refractivity contribution in [3.8, 4) is 0 Å². The first kappa shape index (κ1) is 12.1. The normalized spacial score (nSPS) is 15.2. The van der Waals surface area contributed by atoms with E-state index in [2.05, 4.69) is 11.4 Å². The number of hydrogen-bond acceptors (Lipinski definition) is 2. The molecule has 0 atom stereocenters. The lowest BCUT2D eigenvalue weighted by atomic mass is 9.91.